The van der Waals surface area contributed by atoms with Gasteiger partial charge < -0.3 is 10.1 Å². The summed E-state index contributed by atoms with van der Waals surface area (Å²) in [6.45, 7) is 4.58. The summed E-state index contributed by atoms with van der Waals surface area (Å²) in [5, 5.41) is 5.80. The number of rotatable bonds is 5. The van der Waals surface area contributed by atoms with Gasteiger partial charge in [0.1, 0.15) is 16.3 Å². The highest BCUT2D eigenvalue weighted by Gasteiger charge is 2.51. The molecule has 1 N–H and O–H groups in total. The Morgan fingerprint density at radius 2 is 1.94 bits per heavy atom. The molecule has 1 saturated carbocycles. The van der Waals surface area contributed by atoms with Gasteiger partial charge in [-0.05, 0) is 51.2 Å². The number of carbonyl (C=O) groups is 2. The minimum atomic E-state index is -0.592. The van der Waals surface area contributed by atoms with Gasteiger partial charge in [-0.15, -0.1) is 11.3 Å². The molecule has 8 heteroatoms. The smallest absolute Gasteiger partial charge is 0.411 e. The van der Waals surface area contributed by atoms with Gasteiger partial charge in [-0.3, -0.25) is 14.7 Å². The number of hydrogen-bond acceptors (Lipinski definition) is 6. The number of nitrogens with zero attached hydrogens (tertiary/aromatic N) is 3. The Kier molecular flexibility index (Phi) is 5.78. The lowest BCUT2D eigenvalue weighted by Crippen LogP contribution is -2.46. The molecule has 0 radical (unpaired) electrons. The third-order valence-corrected chi connectivity index (χ3v) is 7.61. The van der Waals surface area contributed by atoms with E-state index in [9.17, 15) is 9.59 Å². The number of allylic oxidation sites excluding steroid dienone is 1. The number of thiazole rings is 1. The molecule has 2 aliphatic heterocycles. The van der Waals surface area contributed by atoms with E-state index < -0.39 is 5.60 Å². The summed E-state index contributed by atoms with van der Waals surface area (Å²) in [6.07, 6.45) is 6.75. The van der Waals surface area contributed by atoms with Crippen molar-refractivity contribution in [2.24, 2.45) is 4.99 Å². The molecule has 2 amide bonds. The van der Waals surface area contributed by atoms with Crippen molar-refractivity contribution in [3.05, 3.63) is 58.1 Å². The van der Waals surface area contributed by atoms with Crippen molar-refractivity contribution in [2.45, 2.75) is 63.3 Å². The van der Waals surface area contributed by atoms with E-state index in [-0.39, 0.29) is 30.1 Å². The molecule has 1 saturated heterocycles. The van der Waals surface area contributed by atoms with E-state index in [2.05, 4.69) is 27.4 Å². The number of hydrogen-bond donors (Lipinski definition) is 1. The molecule has 2 aromatic rings. The molecule has 3 heterocycles. The molecule has 1 atom stereocenters. The van der Waals surface area contributed by atoms with Crippen molar-refractivity contribution in [1.29, 1.82) is 0 Å². The number of aromatic nitrogens is 1. The van der Waals surface area contributed by atoms with Crippen molar-refractivity contribution in [1.82, 2.24) is 15.2 Å². The first-order valence-electron chi connectivity index (χ1n) is 11.4. The maximum absolute atomic E-state index is 12.8. The molecule has 0 spiro atoms. The summed E-state index contributed by atoms with van der Waals surface area (Å²) >= 11 is 1.47. The van der Waals surface area contributed by atoms with E-state index in [1.807, 2.05) is 48.4 Å². The highest BCUT2D eigenvalue weighted by atomic mass is 32.1. The molecule has 172 valence electrons. The second kappa shape index (κ2) is 8.74. The fraction of sp³-hybridized carbons (Fsp3) is 0.440. The molecule has 33 heavy (non-hydrogen) atoms. The van der Waals surface area contributed by atoms with E-state index in [0.29, 0.717) is 12.2 Å². The molecule has 2 fully saturated rings. The van der Waals surface area contributed by atoms with Crippen LogP contribution in [0.2, 0.25) is 0 Å². The van der Waals surface area contributed by atoms with Gasteiger partial charge in [0.2, 0.25) is 0 Å². The fourth-order valence-electron chi connectivity index (χ4n) is 5.10. The lowest BCUT2D eigenvalue weighted by atomic mass is 9.86. The number of aliphatic imine (C=N–C) groups is 1. The zero-order valence-electron chi connectivity index (χ0n) is 18.9. The molecule has 1 aromatic heterocycles. The predicted molar refractivity (Wildman–Crippen MR) is 129 cm³/mol. The molecule has 0 unspecified atom stereocenters. The second-order valence-corrected chi connectivity index (χ2v) is 10.2. The molecule has 0 bridgehead atoms. The van der Waals surface area contributed by atoms with Gasteiger partial charge in [0, 0.05) is 29.3 Å². The monoisotopic (exact) mass is 464 g/mol. The molecule has 3 aliphatic rings. The zero-order chi connectivity index (χ0) is 23.0. The summed E-state index contributed by atoms with van der Waals surface area (Å²) in [5.41, 5.74) is 2.00. The van der Waals surface area contributed by atoms with Crippen LogP contribution in [0.15, 0.2) is 46.8 Å². The molecule has 1 aromatic carbocycles. The molecular weight excluding hydrogens is 436 g/mol. The van der Waals surface area contributed by atoms with Crippen LogP contribution < -0.4 is 5.32 Å². The van der Waals surface area contributed by atoms with Crippen LogP contribution in [-0.4, -0.2) is 52.3 Å². The topological polar surface area (TPSA) is 83.9 Å². The van der Waals surface area contributed by atoms with Gasteiger partial charge >= 0.3 is 6.09 Å². The lowest BCUT2D eigenvalue weighted by molar-refractivity contribution is 0.0663. The van der Waals surface area contributed by atoms with Crippen LogP contribution in [0, 0.1) is 0 Å². The van der Waals surface area contributed by atoms with E-state index in [1.165, 1.54) is 11.3 Å². The Morgan fingerprint density at radius 3 is 2.64 bits per heavy atom. The number of nitrogens with one attached hydrogen (secondary N) is 1. The number of cyclic esters (lactones) is 1. The quantitative estimate of drug-likeness (QED) is 0.700. The van der Waals surface area contributed by atoms with Gasteiger partial charge in [0.25, 0.3) is 5.91 Å². The summed E-state index contributed by atoms with van der Waals surface area (Å²) in [4.78, 5) is 36.2. The van der Waals surface area contributed by atoms with Crippen LogP contribution in [0.4, 0.5) is 4.79 Å². The normalized spacial score (nSPS) is 26.2. The van der Waals surface area contributed by atoms with E-state index in [0.717, 1.165) is 41.8 Å². The Morgan fingerprint density at radius 1 is 1.18 bits per heavy atom. The van der Waals surface area contributed by atoms with Crippen molar-refractivity contribution < 1.29 is 14.3 Å². The lowest BCUT2D eigenvalue weighted by Gasteiger charge is -2.38. The van der Waals surface area contributed by atoms with E-state index in [4.69, 9.17) is 4.74 Å². The third kappa shape index (κ3) is 4.31. The highest BCUT2D eigenvalue weighted by Crippen LogP contribution is 2.44. The first kappa shape index (κ1) is 21.8. The predicted octanol–water partition coefficient (Wildman–Crippen LogP) is 4.62. The summed E-state index contributed by atoms with van der Waals surface area (Å²) < 4.78 is 5.77. The average Bonchev–Trinajstić information content (AvgIpc) is 3.53. The standard InChI is InChI=1S/C25H28N4O3S/c1-25(2)21(16-6-4-3-5-7-16)29(24(31)32-25)19-10-8-18(9-11-19)27-22(30)20-15-33-23(28-20)17-12-13-26-14-17/h3-7,12-13,15,18-19,21H,8-11,14H2,1-2H3,(H,27,30)/t18?,19?,21-/m0/s1. The second-order valence-electron chi connectivity index (χ2n) is 9.39. The largest absolute Gasteiger partial charge is 0.441 e. The maximum Gasteiger partial charge on any atom is 0.411 e. The maximum atomic E-state index is 12.8. The number of ether oxygens (including phenoxy) is 1. The highest BCUT2D eigenvalue weighted by molar-refractivity contribution is 7.11. The Hall–Kier alpha value is -3.00. The van der Waals surface area contributed by atoms with Gasteiger partial charge in [0.15, 0.2) is 0 Å². The van der Waals surface area contributed by atoms with Crippen molar-refractivity contribution in [2.75, 3.05) is 6.54 Å². The van der Waals surface area contributed by atoms with Crippen LogP contribution in [-0.2, 0) is 4.74 Å². The zero-order valence-corrected chi connectivity index (χ0v) is 19.7. The summed E-state index contributed by atoms with van der Waals surface area (Å²) in [7, 11) is 0. The van der Waals surface area contributed by atoms with Crippen LogP contribution >= 0.6 is 11.3 Å². The first-order valence-corrected chi connectivity index (χ1v) is 12.3. The fourth-order valence-corrected chi connectivity index (χ4v) is 5.92. The minimum absolute atomic E-state index is 0.0785. The van der Waals surface area contributed by atoms with Gasteiger partial charge in [-0.25, -0.2) is 9.78 Å². The van der Waals surface area contributed by atoms with Crippen molar-refractivity contribution in [3.63, 3.8) is 0 Å². The number of amides is 2. The molecule has 7 nitrogen and oxygen atoms in total. The average molecular weight is 465 g/mol. The molecule has 1 aliphatic carbocycles. The molecular formula is C25H28N4O3S. The Balaban J connectivity index is 1.21. The van der Waals surface area contributed by atoms with Gasteiger partial charge in [-0.2, -0.15) is 0 Å². The Bertz CT molecular complexity index is 1100. The van der Waals surface area contributed by atoms with Gasteiger partial charge in [-0.1, -0.05) is 30.3 Å². The van der Waals surface area contributed by atoms with Crippen molar-refractivity contribution in [3.8, 4) is 0 Å². The van der Waals surface area contributed by atoms with Crippen LogP contribution in [0.5, 0.6) is 0 Å². The molecule has 5 rings (SSSR count). The van der Waals surface area contributed by atoms with E-state index in [1.54, 1.807) is 6.21 Å². The number of benzene rings is 1. The SMILES string of the molecule is CC1(C)OC(=O)N(C2CCC(NC(=O)c3csc(C4=CC=NC4)n3)CC2)[C@H]1c1ccccc1. The van der Waals surface area contributed by atoms with Crippen LogP contribution in [0.25, 0.3) is 5.57 Å². The Labute approximate surface area is 197 Å². The summed E-state index contributed by atoms with van der Waals surface area (Å²) in [5.74, 6) is -0.135. The van der Waals surface area contributed by atoms with E-state index >= 15 is 0 Å². The third-order valence-electron chi connectivity index (χ3n) is 6.69. The summed E-state index contributed by atoms with van der Waals surface area (Å²) in [6, 6.07) is 10.2. The van der Waals surface area contributed by atoms with Gasteiger partial charge in [0.05, 0.1) is 12.6 Å². The van der Waals surface area contributed by atoms with Crippen LogP contribution in [0.3, 0.4) is 0 Å². The first-order chi connectivity index (χ1) is 15.9. The minimum Gasteiger partial charge on any atom is -0.441 e. The number of carbonyl (C=O) groups excluding carboxylic acids is 2. The van der Waals surface area contributed by atoms with Crippen LogP contribution in [0.1, 0.15) is 66.6 Å². The van der Waals surface area contributed by atoms with Crippen molar-refractivity contribution >= 4 is 35.1 Å².